The molecule has 1 aromatic rings. The number of phenols is 1. The molecule has 5 heteroatoms. The van der Waals surface area contributed by atoms with Crippen molar-refractivity contribution in [1.29, 1.82) is 0 Å². The molecule has 0 saturated heterocycles. The first kappa shape index (κ1) is 12.1. The molecule has 0 radical (unpaired) electrons. The number of benzene rings is 1. The Balaban J connectivity index is 2.83. The van der Waals surface area contributed by atoms with Crippen molar-refractivity contribution in [2.45, 2.75) is 10.8 Å². The summed E-state index contributed by atoms with van der Waals surface area (Å²) in [6.07, 6.45) is 0. The van der Waals surface area contributed by atoms with Crippen LogP contribution in [0.25, 0.3) is 0 Å². The summed E-state index contributed by atoms with van der Waals surface area (Å²) < 4.78 is 0.449. The minimum absolute atomic E-state index is 0.0823. The Hall–Kier alpha value is -0.980. The van der Waals surface area contributed by atoms with Crippen LogP contribution < -0.4 is 5.32 Å². The summed E-state index contributed by atoms with van der Waals surface area (Å²) in [5.74, 6) is -1.34. The lowest BCUT2D eigenvalue weighted by Gasteiger charge is -2.09. The van der Waals surface area contributed by atoms with Gasteiger partial charge in [-0.1, -0.05) is 29.5 Å². The predicted octanol–water partition coefficient (Wildman–Crippen LogP) is 2.33. The van der Waals surface area contributed by atoms with E-state index in [9.17, 15) is 9.90 Å². The number of aromatic hydroxyl groups is 1. The molecule has 0 unspecified atom stereocenters. The van der Waals surface area contributed by atoms with Crippen LogP contribution in [-0.2, 0) is 0 Å². The average Bonchev–Trinajstić information content (AvgIpc) is 2.16. The van der Waals surface area contributed by atoms with Gasteiger partial charge in [0.1, 0.15) is 11.3 Å². The third-order valence-electron chi connectivity index (χ3n) is 1.81. The van der Waals surface area contributed by atoms with Crippen molar-refractivity contribution in [2.75, 3.05) is 11.9 Å². The number of halogens is 1. The van der Waals surface area contributed by atoms with Gasteiger partial charge in [-0.3, -0.25) is 0 Å². The minimum atomic E-state index is -1.13. The molecule has 0 aromatic heterocycles. The molecule has 0 aliphatic rings. The maximum Gasteiger partial charge on any atom is 0.339 e. The smallest absolute Gasteiger partial charge is 0.339 e. The number of anilines is 1. The highest BCUT2D eigenvalue weighted by Gasteiger charge is 2.09. The highest BCUT2D eigenvalue weighted by Crippen LogP contribution is 2.21. The van der Waals surface area contributed by atoms with Crippen LogP contribution in [0, 0.1) is 0 Å². The Morgan fingerprint density at radius 3 is 2.80 bits per heavy atom. The average molecular weight is 321 g/mol. The van der Waals surface area contributed by atoms with Gasteiger partial charge in [0.05, 0.1) is 0 Å². The normalized spacial score (nSPS) is 12.1. The molecule has 0 aliphatic carbocycles. The Morgan fingerprint density at radius 1 is 1.60 bits per heavy atom. The number of hydrogen-bond donors (Lipinski definition) is 3. The van der Waals surface area contributed by atoms with Crippen LogP contribution in [0.1, 0.15) is 17.3 Å². The highest BCUT2D eigenvalue weighted by atomic mass is 127. The molecular formula is C10H12INO3. The molecule has 0 saturated carbocycles. The van der Waals surface area contributed by atoms with Gasteiger partial charge < -0.3 is 15.5 Å². The number of carbonyl (C=O) groups is 1. The van der Waals surface area contributed by atoms with Gasteiger partial charge >= 0.3 is 5.97 Å². The molecule has 15 heavy (non-hydrogen) atoms. The lowest BCUT2D eigenvalue weighted by molar-refractivity contribution is 0.0694. The van der Waals surface area contributed by atoms with Gasteiger partial charge in [0.15, 0.2) is 0 Å². The van der Waals surface area contributed by atoms with Gasteiger partial charge in [0.2, 0.25) is 0 Å². The Labute approximate surface area is 101 Å². The molecule has 82 valence electrons. The van der Waals surface area contributed by atoms with Crippen LogP contribution in [0.5, 0.6) is 5.75 Å². The summed E-state index contributed by atoms with van der Waals surface area (Å²) in [4.78, 5) is 10.7. The molecule has 0 spiro atoms. The summed E-state index contributed by atoms with van der Waals surface area (Å²) in [6, 6.07) is 4.46. The number of rotatable bonds is 4. The van der Waals surface area contributed by atoms with Gasteiger partial charge in [0, 0.05) is 16.2 Å². The summed E-state index contributed by atoms with van der Waals surface area (Å²) in [7, 11) is 0. The van der Waals surface area contributed by atoms with Crippen molar-refractivity contribution in [3.05, 3.63) is 23.8 Å². The zero-order valence-corrected chi connectivity index (χ0v) is 10.4. The monoisotopic (exact) mass is 321 g/mol. The second-order valence-corrected chi connectivity index (χ2v) is 5.33. The van der Waals surface area contributed by atoms with Gasteiger partial charge in [0.25, 0.3) is 0 Å². The SMILES string of the molecule is C[C@H](I)CNc1ccc(O)c(C(=O)O)c1. The van der Waals surface area contributed by atoms with E-state index >= 15 is 0 Å². The van der Waals surface area contributed by atoms with E-state index < -0.39 is 5.97 Å². The van der Waals surface area contributed by atoms with Crippen molar-refractivity contribution >= 4 is 34.2 Å². The van der Waals surface area contributed by atoms with Gasteiger partial charge in [-0.25, -0.2) is 4.79 Å². The molecule has 1 atom stereocenters. The highest BCUT2D eigenvalue weighted by molar-refractivity contribution is 14.1. The van der Waals surface area contributed by atoms with Gasteiger partial charge in [-0.15, -0.1) is 0 Å². The number of nitrogens with one attached hydrogen (secondary N) is 1. The first-order valence-electron chi connectivity index (χ1n) is 4.45. The van der Waals surface area contributed by atoms with Crippen LogP contribution >= 0.6 is 22.6 Å². The minimum Gasteiger partial charge on any atom is -0.507 e. The lowest BCUT2D eigenvalue weighted by Crippen LogP contribution is -2.10. The molecule has 0 amide bonds. The van der Waals surface area contributed by atoms with Crippen molar-refractivity contribution in [3.63, 3.8) is 0 Å². The van der Waals surface area contributed by atoms with E-state index in [-0.39, 0.29) is 11.3 Å². The Bertz CT molecular complexity index is 366. The fraction of sp³-hybridized carbons (Fsp3) is 0.300. The predicted molar refractivity (Wildman–Crippen MR) is 67.0 cm³/mol. The maximum atomic E-state index is 10.7. The van der Waals surface area contributed by atoms with Crippen molar-refractivity contribution < 1.29 is 15.0 Å². The van der Waals surface area contributed by atoms with Crippen LogP contribution in [0.15, 0.2) is 18.2 Å². The number of hydrogen-bond acceptors (Lipinski definition) is 3. The fourth-order valence-corrected chi connectivity index (χ4v) is 1.30. The van der Waals surface area contributed by atoms with E-state index in [1.54, 1.807) is 6.07 Å². The summed E-state index contributed by atoms with van der Waals surface area (Å²) >= 11 is 2.27. The standard InChI is InChI=1S/C10H12INO3/c1-6(11)5-12-7-2-3-9(13)8(4-7)10(14)15/h2-4,6,12-13H,5H2,1H3,(H,14,15)/t6-/m0/s1. The molecule has 0 heterocycles. The zero-order valence-electron chi connectivity index (χ0n) is 8.20. The van der Waals surface area contributed by atoms with E-state index in [1.807, 2.05) is 6.92 Å². The van der Waals surface area contributed by atoms with Crippen molar-refractivity contribution in [3.8, 4) is 5.75 Å². The van der Waals surface area contributed by atoms with E-state index in [1.165, 1.54) is 12.1 Å². The summed E-state index contributed by atoms with van der Waals surface area (Å²) in [5.41, 5.74) is 0.620. The number of carboxylic acid groups (broad SMARTS) is 1. The van der Waals surface area contributed by atoms with Crippen LogP contribution in [0.3, 0.4) is 0 Å². The number of carboxylic acids is 1. The quantitative estimate of drug-likeness (QED) is 0.452. The first-order chi connectivity index (χ1) is 7.00. The molecular weight excluding hydrogens is 309 g/mol. The maximum absolute atomic E-state index is 10.7. The van der Waals surface area contributed by atoms with E-state index in [0.29, 0.717) is 9.61 Å². The molecule has 1 rings (SSSR count). The number of aromatic carboxylic acids is 1. The fourth-order valence-electron chi connectivity index (χ4n) is 1.08. The largest absolute Gasteiger partial charge is 0.507 e. The van der Waals surface area contributed by atoms with Crippen molar-refractivity contribution in [1.82, 2.24) is 0 Å². The first-order valence-corrected chi connectivity index (χ1v) is 5.69. The molecule has 1 aromatic carbocycles. The molecule has 4 nitrogen and oxygen atoms in total. The summed E-state index contributed by atoms with van der Waals surface area (Å²) in [5, 5.41) is 21.1. The second-order valence-electron chi connectivity index (χ2n) is 3.20. The zero-order chi connectivity index (χ0) is 11.4. The summed E-state index contributed by atoms with van der Waals surface area (Å²) in [6.45, 7) is 2.80. The second kappa shape index (κ2) is 5.20. The topological polar surface area (TPSA) is 69.6 Å². The number of alkyl halides is 1. The van der Waals surface area contributed by atoms with E-state index in [4.69, 9.17) is 5.11 Å². The third kappa shape index (κ3) is 3.58. The van der Waals surface area contributed by atoms with Gasteiger partial charge in [-0.2, -0.15) is 0 Å². The third-order valence-corrected chi connectivity index (χ3v) is 2.25. The Kier molecular flexibility index (Phi) is 4.19. The van der Waals surface area contributed by atoms with Crippen molar-refractivity contribution in [2.24, 2.45) is 0 Å². The van der Waals surface area contributed by atoms with E-state index in [2.05, 4.69) is 27.9 Å². The van der Waals surface area contributed by atoms with E-state index in [0.717, 1.165) is 6.54 Å². The molecule has 0 aliphatic heterocycles. The molecule has 0 fully saturated rings. The van der Waals surface area contributed by atoms with Gasteiger partial charge in [-0.05, 0) is 18.2 Å². The Morgan fingerprint density at radius 2 is 2.27 bits per heavy atom. The molecule has 0 bridgehead atoms. The molecule has 3 N–H and O–H groups in total. The van der Waals surface area contributed by atoms with Crippen LogP contribution in [-0.4, -0.2) is 26.7 Å². The lowest BCUT2D eigenvalue weighted by atomic mass is 10.2. The van der Waals surface area contributed by atoms with Crippen LogP contribution in [0.2, 0.25) is 0 Å². The van der Waals surface area contributed by atoms with Crippen LogP contribution in [0.4, 0.5) is 5.69 Å².